The maximum absolute atomic E-state index is 11.8. The van der Waals surface area contributed by atoms with Crippen molar-refractivity contribution in [3.63, 3.8) is 0 Å². The van der Waals surface area contributed by atoms with Gasteiger partial charge in [0.25, 0.3) is 0 Å². The molecule has 0 aliphatic rings. The third-order valence-electron chi connectivity index (χ3n) is 2.88. The van der Waals surface area contributed by atoms with Crippen molar-refractivity contribution >= 4 is 28.5 Å². The van der Waals surface area contributed by atoms with E-state index in [1.807, 2.05) is 29.0 Å². The van der Waals surface area contributed by atoms with E-state index >= 15 is 0 Å². The van der Waals surface area contributed by atoms with Crippen LogP contribution in [0.5, 0.6) is 0 Å². The highest BCUT2D eigenvalue weighted by Gasteiger charge is 2.16. The Bertz CT molecular complexity index is 734. The first-order valence-electron chi connectivity index (χ1n) is 6.29. The number of carbonyl (C=O) groups is 1. The molecule has 0 saturated carbocycles. The van der Waals surface area contributed by atoms with E-state index in [2.05, 4.69) is 9.97 Å². The normalized spacial score (nSPS) is 10.8. The number of fused-ring (bicyclic) bond motifs is 1. The Balaban J connectivity index is 2.11. The molecule has 3 rings (SSSR count). The van der Waals surface area contributed by atoms with Crippen LogP contribution in [0.4, 0.5) is 0 Å². The third-order valence-corrected chi connectivity index (χ3v) is 3.56. The molecule has 0 bridgehead atoms. The Morgan fingerprint density at radius 3 is 3.10 bits per heavy atom. The molecule has 0 atom stereocenters. The summed E-state index contributed by atoms with van der Waals surface area (Å²) in [5, 5.41) is 3.99. The standard InChI is InChI=1S/C14H13N3O2S/c1-2-19-12(18)8-17-13(10-5-7-20-9-10)16-11-4-3-6-15-14(11)17/h3-7,9H,2,8H2,1H3. The summed E-state index contributed by atoms with van der Waals surface area (Å²) in [5.74, 6) is 0.460. The summed E-state index contributed by atoms with van der Waals surface area (Å²) >= 11 is 1.59. The van der Waals surface area contributed by atoms with Gasteiger partial charge in [-0.15, -0.1) is 0 Å². The second-order valence-electron chi connectivity index (χ2n) is 4.18. The van der Waals surface area contributed by atoms with Gasteiger partial charge in [-0.05, 0) is 30.5 Å². The van der Waals surface area contributed by atoms with Gasteiger partial charge in [0.2, 0.25) is 0 Å². The van der Waals surface area contributed by atoms with E-state index in [9.17, 15) is 4.79 Å². The van der Waals surface area contributed by atoms with Crippen LogP contribution in [0.2, 0.25) is 0 Å². The average Bonchev–Trinajstić information content (AvgIpc) is 3.07. The fourth-order valence-electron chi connectivity index (χ4n) is 2.06. The molecular weight excluding hydrogens is 274 g/mol. The average molecular weight is 287 g/mol. The van der Waals surface area contributed by atoms with Crippen LogP contribution >= 0.6 is 11.3 Å². The lowest BCUT2D eigenvalue weighted by molar-refractivity contribution is -0.143. The Kier molecular flexibility index (Phi) is 3.47. The molecular formula is C14H13N3O2S. The summed E-state index contributed by atoms with van der Waals surface area (Å²) in [6.45, 7) is 2.28. The lowest BCUT2D eigenvalue weighted by atomic mass is 10.3. The van der Waals surface area contributed by atoms with Gasteiger partial charge in [-0.2, -0.15) is 11.3 Å². The summed E-state index contributed by atoms with van der Waals surface area (Å²) < 4.78 is 6.82. The number of hydrogen-bond acceptors (Lipinski definition) is 5. The second-order valence-corrected chi connectivity index (χ2v) is 4.96. The highest BCUT2D eigenvalue weighted by molar-refractivity contribution is 7.08. The first kappa shape index (κ1) is 12.8. The van der Waals surface area contributed by atoms with Crippen molar-refractivity contribution in [3.8, 4) is 11.4 Å². The minimum Gasteiger partial charge on any atom is -0.465 e. The molecule has 0 unspecified atom stereocenters. The molecule has 0 spiro atoms. The van der Waals surface area contributed by atoms with Gasteiger partial charge < -0.3 is 4.74 Å². The van der Waals surface area contributed by atoms with Crippen molar-refractivity contribution in [1.82, 2.24) is 14.5 Å². The quantitative estimate of drug-likeness (QED) is 0.692. The van der Waals surface area contributed by atoms with E-state index in [1.165, 1.54) is 0 Å². The van der Waals surface area contributed by atoms with E-state index in [0.29, 0.717) is 12.3 Å². The van der Waals surface area contributed by atoms with Gasteiger partial charge in [0.05, 0.1) is 6.61 Å². The molecule has 0 saturated heterocycles. The van der Waals surface area contributed by atoms with Crippen LogP contribution < -0.4 is 0 Å². The van der Waals surface area contributed by atoms with E-state index in [4.69, 9.17) is 4.74 Å². The van der Waals surface area contributed by atoms with E-state index in [1.54, 1.807) is 29.0 Å². The Hall–Kier alpha value is -2.21. The van der Waals surface area contributed by atoms with Crippen LogP contribution in [0, 0.1) is 0 Å². The molecule has 6 heteroatoms. The molecule has 0 N–H and O–H groups in total. The zero-order valence-corrected chi connectivity index (χ0v) is 11.8. The zero-order valence-electron chi connectivity index (χ0n) is 10.9. The van der Waals surface area contributed by atoms with Crippen LogP contribution in [-0.2, 0) is 16.1 Å². The predicted octanol–water partition coefficient (Wildman–Crippen LogP) is 2.72. The van der Waals surface area contributed by atoms with Gasteiger partial charge in [-0.25, -0.2) is 9.97 Å². The largest absolute Gasteiger partial charge is 0.465 e. The first-order chi connectivity index (χ1) is 9.79. The lowest BCUT2D eigenvalue weighted by Crippen LogP contribution is -2.14. The van der Waals surface area contributed by atoms with E-state index in [-0.39, 0.29) is 12.5 Å². The number of imidazole rings is 1. The van der Waals surface area contributed by atoms with Crippen molar-refractivity contribution < 1.29 is 9.53 Å². The minimum absolute atomic E-state index is 0.118. The number of thiophene rings is 1. The molecule has 3 aromatic rings. The number of ether oxygens (including phenoxy) is 1. The lowest BCUT2D eigenvalue weighted by Gasteiger charge is -2.07. The van der Waals surface area contributed by atoms with Crippen molar-refractivity contribution in [2.75, 3.05) is 6.61 Å². The van der Waals surface area contributed by atoms with Crippen LogP contribution in [-0.4, -0.2) is 27.1 Å². The summed E-state index contributed by atoms with van der Waals surface area (Å²) in [6, 6.07) is 5.70. The molecule has 0 aliphatic carbocycles. The number of aromatic nitrogens is 3. The number of hydrogen-bond donors (Lipinski definition) is 0. The first-order valence-corrected chi connectivity index (χ1v) is 7.23. The maximum atomic E-state index is 11.8. The van der Waals surface area contributed by atoms with Crippen molar-refractivity contribution in [1.29, 1.82) is 0 Å². The van der Waals surface area contributed by atoms with E-state index < -0.39 is 0 Å². The monoisotopic (exact) mass is 287 g/mol. The second kappa shape index (κ2) is 5.42. The fourth-order valence-corrected chi connectivity index (χ4v) is 2.69. The van der Waals surface area contributed by atoms with Crippen molar-refractivity contribution in [3.05, 3.63) is 35.2 Å². The highest BCUT2D eigenvalue weighted by Crippen LogP contribution is 2.25. The van der Waals surface area contributed by atoms with Crippen molar-refractivity contribution in [2.45, 2.75) is 13.5 Å². The summed E-state index contributed by atoms with van der Waals surface area (Å²) in [6.07, 6.45) is 1.70. The molecule has 20 heavy (non-hydrogen) atoms. The smallest absolute Gasteiger partial charge is 0.326 e. The summed E-state index contributed by atoms with van der Waals surface area (Å²) in [5.41, 5.74) is 2.46. The van der Waals surface area contributed by atoms with Crippen LogP contribution in [0.1, 0.15) is 6.92 Å². The molecule has 0 radical (unpaired) electrons. The number of rotatable bonds is 4. The Morgan fingerprint density at radius 1 is 1.45 bits per heavy atom. The third kappa shape index (κ3) is 2.30. The molecule has 102 valence electrons. The van der Waals surface area contributed by atoms with Gasteiger partial charge in [-0.3, -0.25) is 9.36 Å². The predicted molar refractivity (Wildman–Crippen MR) is 77.5 cm³/mol. The molecule has 0 aromatic carbocycles. The number of carbonyl (C=O) groups excluding carboxylic acids is 1. The fraction of sp³-hybridized carbons (Fsp3) is 0.214. The highest BCUT2D eigenvalue weighted by atomic mass is 32.1. The topological polar surface area (TPSA) is 57.0 Å². The molecule has 5 nitrogen and oxygen atoms in total. The zero-order chi connectivity index (χ0) is 13.9. The Labute approximate surface area is 119 Å². The summed E-state index contributed by atoms with van der Waals surface area (Å²) in [7, 11) is 0. The van der Waals surface area contributed by atoms with Gasteiger partial charge in [-0.1, -0.05) is 0 Å². The maximum Gasteiger partial charge on any atom is 0.326 e. The Morgan fingerprint density at radius 2 is 2.35 bits per heavy atom. The number of nitrogens with zero attached hydrogens (tertiary/aromatic N) is 3. The molecule has 0 amide bonds. The molecule has 3 heterocycles. The van der Waals surface area contributed by atoms with Crippen LogP contribution in [0.25, 0.3) is 22.6 Å². The summed E-state index contributed by atoms with van der Waals surface area (Å²) in [4.78, 5) is 20.7. The van der Waals surface area contributed by atoms with Crippen LogP contribution in [0.15, 0.2) is 35.2 Å². The van der Waals surface area contributed by atoms with Crippen molar-refractivity contribution in [2.24, 2.45) is 0 Å². The van der Waals surface area contributed by atoms with Gasteiger partial charge >= 0.3 is 5.97 Å². The molecule has 0 aliphatic heterocycles. The van der Waals surface area contributed by atoms with Gasteiger partial charge in [0.15, 0.2) is 5.65 Å². The van der Waals surface area contributed by atoms with Gasteiger partial charge in [0.1, 0.15) is 17.9 Å². The SMILES string of the molecule is CCOC(=O)Cn1c(-c2ccsc2)nc2cccnc21. The number of pyridine rings is 1. The molecule has 3 aromatic heterocycles. The van der Waals surface area contributed by atoms with Crippen LogP contribution in [0.3, 0.4) is 0 Å². The van der Waals surface area contributed by atoms with Gasteiger partial charge in [0, 0.05) is 17.1 Å². The number of esters is 1. The minimum atomic E-state index is -0.283. The molecule has 0 fully saturated rings. The van der Waals surface area contributed by atoms with E-state index in [0.717, 1.165) is 16.9 Å².